The van der Waals surface area contributed by atoms with Gasteiger partial charge in [-0.05, 0) is 23.6 Å². The molecular formula is C12H10N4OS. The molecule has 0 saturated carbocycles. The van der Waals surface area contributed by atoms with Gasteiger partial charge in [0, 0.05) is 11.9 Å². The monoisotopic (exact) mass is 258 g/mol. The SMILES string of the molecule is Nc1ccnc(Cn2cnc3sccc3c2=O)c1. The van der Waals surface area contributed by atoms with Crippen LogP contribution >= 0.6 is 11.3 Å². The number of nitrogens with zero attached hydrogens (tertiary/aromatic N) is 3. The van der Waals surface area contributed by atoms with Crippen molar-refractivity contribution in [3.8, 4) is 0 Å². The van der Waals surface area contributed by atoms with Gasteiger partial charge in [0.1, 0.15) is 4.83 Å². The number of nitrogens with two attached hydrogens (primary N) is 1. The molecule has 0 unspecified atom stereocenters. The van der Waals surface area contributed by atoms with Crippen molar-refractivity contribution < 1.29 is 0 Å². The molecule has 3 rings (SSSR count). The highest BCUT2D eigenvalue weighted by Crippen LogP contribution is 2.13. The van der Waals surface area contributed by atoms with Gasteiger partial charge in [-0.1, -0.05) is 0 Å². The Balaban J connectivity index is 2.05. The largest absolute Gasteiger partial charge is 0.399 e. The van der Waals surface area contributed by atoms with Crippen molar-refractivity contribution in [2.24, 2.45) is 0 Å². The average Bonchev–Trinajstić information content (AvgIpc) is 2.82. The molecule has 3 heterocycles. The van der Waals surface area contributed by atoms with E-state index in [4.69, 9.17) is 5.73 Å². The third-order valence-electron chi connectivity index (χ3n) is 2.62. The molecule has 0 fully saturated rings. The van der Waals surface area contributed by atoms with Gasteiger partial charge in [-0.15, -0.1) is 11.3 Å². The summed E-state index contributed by atoms with van der Waals surface area (Å²) in [6.45, 7) is 0.378. The molecule has 90 valence electrons. The van der Waals surface area contributed by atoms with Crippen LogP contribution in [0.2, 0.25) is 0 Å². The number of aromatic nitrogens is 3. The zero-order valence-corrected chi connectivity index (χ0v) is 10.2. The summed E-state index contributed by atoms with van der Waals surface area (Å²) in [5, 5.41) is 2.51. The number of hydrogen-bond donors (Lipinski definition) is 1. The summed E-state index contributed by atoms with van der Waals surface area (Å²) < 4.78 is 1.54. The van der Waals surface area contributed by atoms with Crippen molar-refractivity contribution in [1.82, 2.24) is 14.5 Å². The zero-order chi connectivity index (χ0) is 12.5. The Kier molecular flexibility index (Phi) is 2.56. The second-order valence-electron chi connectivity index (χ2n) is 3.90. The van der Waals surface area contributed by atoms with E-state index in [1.807, 2.05) is 5.38 Å². The molecule has 6 heteroatoms. The van der Waals surface area contributed by atoms with E-state index in [0.717, 1.165) is 10.5 Å². The Labute approximate surface area is 107 Å². The van der Waals surface area contributed by atoms with Gasteiger partial charge in [0.05, 0.1) is 24.0 Å². The van der Waals surface area contributed by atoms with E-state index in [-0.39, 0.29) is 5.56 Å². The summed E-state index contributed by atoms with van der Waals surface area (Å²) in [5.74, 6) is 0. The highest BCUT2D eigenvalue weighted by molar-refractivity contribution is 7.16. The second kappa shape index (κ2) is 4.23. The lowest BCUT2D eigenvalue weighted by molar-refractivity contribution is 0.731. The van der Waals surface area contributed by atoms with Gasteiger partial charge in [-0.3, -0.25) is 14.3 Å². The maximum Gasteiger partial charge on any atom is 0.262 e. The smallest absolute Gasteiger partial charge is 0.262 e. The lowest BCUT2D eigenvalue weighted by Crippen LogP contribution is -2.20. The predicted molar refractivity (Wildman–Crippen MR) is 71.6 cm³/mol. The van der Waals surface area contributed by atoms with Crippen LogP contribution in [0.3, 0.4) is 0 Å². The summed E-state index contributed by atoms with van der Waals surface area (Å²) in [4.78, 5) is 21.3. The molecule has 0 aliphatic carbocycles. The summed E-state index contributed by atoms with van der Waals surface area (Å²) in [6.07, 6.45) is 3.18. The fraction of sp³-hybridized carbons (Fsp3) is 0.0833. The van der Waals surface area contributed by atoms with Crippen LogP contribution in [-0.4, -0.2) is 14.5 Å². The fourth-order valence-electron chi connectivity index (χ4n) is 1.76. The molecule has 2 N–H and O–H groups in total. The van der Waals surface area contributed by atoms with Gasteiger partial charge < -0.3 is 5.73 Å². The second-order valence-corrected chi connectivity index (χ2v) is 4.79. The predicted octanol–water partition coefficient (Wildman–Crippen LogP) is 1.48. The number of nitrogen functional groups attached to an aromatic ring is 1. The van der Waals surface area contributed by atoms with Crippen LogP contribution in [0.25, 0.3) is 10.2 Å². The van der Waals surface area contributed by atoms with E-state index in [9.17, 15) is 4.79 Å². The minimum atomic E-state index is -0.0505. The molecule has 5 nitrogen and oxygen atoms in total. The Morgan fingerprint density at radius 1 is 1.33 bits per heavy atom. The van der Waals surface area contributed by atoms with E-state index in [2.05, 4.69) is 9.97 Å². The summed E-state index contributed by atoms with van der Waals surface area (Å²) in [5.41, 5.74) is 7.01. The molecule has 18 heavy (non-hydrogen) atoms. The van der Waals surface area contributed by atoms with Crippen LogP contribution in [0.1, 0.15) is 5.69 Å². The van der Waals surface area contributed by atoms with E-state index in [1.165, 1.54) is 15.9 Å². The molecule has 0 spiro atoms. The van der Waals surface area contributed by atoms with Crippen molar-refractivity contribution in [2.45, 2.75) is 6.54 Å². The quantitative estimate of drug-likeness (QED) is 0.755. The van der Waals surface area contributed by atoms with E-state index < -0.39 is 0 Å². The topological polar surface area (TPSA) is 73.8 Å². The van der Waals surface area contributed by atoms with Crippen LogP contribution in [-0.2, 0) is 6.54 Å². The number of thiophene rings is 1. The maximum atomic E-state index is 12.1. The molecule has 0 atom stereocenters. The average molecular weight is 258 g/mol. The summed E-state index contributed by atoms with van der Waals surface area (Å²) >= 11 is 1.46. The van der Waals surface area contributed by atoms with Crippen LogP contribution < -0.4 is 11.3 Å². The molecule has 0 aromatic carbocycles. The molecule has 0 radical (unpaired) electrons. The van der Waals surface area contributed by atoms with E-state index >= 15 is 0 Å². The van der Waals surface area contributed by atoms with Gasteiger partial charge in [0.15, 0.2) is 0 Å². The van der Waals surface area contributed by atoms with Gasteiger partial charge in [0.25, 0.3) is 5.56 Å². The molecule has 0 aliphatic heterocycles. The third-order valence-corrected chi connectivity index (χ3v) is 3.44. The maximum absolute atomic E-state index is 12.1. The first-order valence-corrected chi connectivity index (χ1v) is 6.25. The van der Waals surface area contributed by atoms with E-state index in [0.29, 0.717) is 17.6 Å². The number of rotatable bonds is 2. The standard InChI is InChI=1S/C12H10N4OS/c13-8-1-3-14-9(5-8)6-16-7-15-11-10(12(16)17)2-4-18-11/h1-5,7H,6H2,(H2,13,14). The summed E-state index contributed by atoms with van der Waals surface area (Å²) in [7, 11) is 0. The number of hydrogen-bond acceptors (Lipinski definition) is 5. The number of anilines is 1. The lowest BCUT2D eigenvalue weighted by atomic mass is 10.3. The first kappa shape index (κ1) is 10.9. The first-order valence-electron chi connectivity index (χ1n) is 5.37. The van der Waals surface area contributed by atoms with Crippen molar-refractivity contribution in [2.75, 3.05) is 5.73 Å². The number of pyridine rings is 1. The highest BCUT2D eigenvalue weighted by atomic mass is 32.1. The normalized spacial score (nSPS) is 10.9. The highest BCUT2D eigenvalue weighted by Gasteiger charge is 2.06. The van der Waals surface area contributed by atoms with Crippen molar-refractivity contribution in [3.63, 3.8) is 0 Å². The Morgan fingerprint density at radius 2 is 2.22 bits per heavy atom. The number of fused-ring (bicyclic) bond motifs is 1. The van der Waals surface area contributed by atoms with Crippen LogP contribution in [0, 0.1) is 0 Å². The van der Waals surface area contributed by atoms with Crippen molar-refractivity contribution in [1.29, 1.82) is 0 Å². The van der Waals surface area contributed by atoms with Gasteiger partial charge in [0.2, 0.25) is 0 Å². The van der Waals surface area contributed by atoms with Crippen LogP contribution in [0.15, 0.2) is 40.9 Å². The zero-order valence-electron chi connectivity index (χ0n) is 9.41. The van der Waals surface area contributed by atoms with Crippen molar-refractivity contribution in [3.05, 3.63) is 52.2 Å². The van der Waals surface area contributed by atoms with Crippen LogP contribution in [0.5, 0.6) is 0 Å². The Morgan fingerprint density at radius 3 is 3.06 bits per heavy atom. The van der Waals surface area contributed by atoms with Gasteiger partial charge in [-0.2, -0.15) is 0 Å². The lowest BCUT2D eigenvalue weighted by Gasteiger charge is -2.05. The molecule has 0 amide bonds. The minimum absolute atomic E-state index is 0.0505. The molecule has 3 aromatic rings. The first-order chi connectivity index (χ1) is 8.74. The Bertz CT molecular complexity index is 762. The third kappa shape index (κ3) is 1.86. The fourth-order valence-corrected chi connectivity index (χ4v) is 2.49. The molecule has 0 bridgehead atoms. The minimum Gasteiger partial charge on any atom is -0.399 e. The molecule has 0 saturated heterocycles. The van der Waals surface area contributed by atoms with Crippen LogP contribution in [0.4, 0.5) is 5.69 Å². The molecule has 3 aromatic heterocycles. The molecular weight excluding hydrogens is 248 g/mol. The van der Waals surface area contributed by atoms with Crippen molar-refractivity contribution >= 4 is 27.2 Å². The van der Waals surface area contributed by atoms with Gasteiger partial charge in [-0.25, -0.2) is 4.98 Å². The Hall–Kier alpha value is -2.21. The summed E-state index contributed by atoms with van der Waals surface area (Å²) in [6, 6.07) is 5.26. The van der Waals surface area contributed by atoms with Gasteiger partial charge >= 0.3 is 0 Å². The van der Waals surface area contributed by atoms with E-state index in [1.54, 1.807) is 30.7 Å². The molecule has 0 aliphatic rings.